The molecule has 0 aromatic carbocycles. The Balaban J connectivity index is 2.22. The molecular formula is C12H16FN3O. The summed E-state index contributed by atoms with van der Waals surface area (Å²) in [6.07, 6.45) is 4.91. The molecule has 92 valence electrons. The molecule has 0 spiro atoms. The van der Waals surface area contributed by atoms with E-state index in [-0.39, 0.29) is 0 Å². The molecule has 4 nitrogen and oxygen atoms in total. The highest BCUT2D eigenvalue weighted by Crippen LogP contribution is 2.29. The quantitative estimate of drug-likeness (QED) is 0.800. The van der Waals surface area contributed by atoms with Crippen molar-refractivity contribution in [1.82, 2.24) is 10.3 Å². The van der Waals surface area contributed by atoms with Crippen LogP contribution in [0.4, 0.5) is 4.39 Å². The number of carbonyl (C=O) groups is 1. The summed E-state index contributed by atoms with van der Waals surface area (Å²) in [4.78, 5) is 15.3. The third kappa shape index (κ3) is 2.61. The summed E-state index contributed by atoms with van der Waals surface area (Å²) in [5.41, 5.74) is 4.81. The maximum absolute atomic E-state index is 13.1. The van der Waals surface area contributed by atoms with E-state index in [0.717, 1.165) is 12.7 Å². The molecule has 3 N–H and O–H groups in total. The maximum atomic E-state index is 13.1. The molecule has 0 bridgehead atoms. The van der Waals surface area contributed by atoms with Crippen molar-refractivity contribution < 1.29 is 9.18 Å². The lowest BCUT2D eigenvalue weighted by Crippen LogP contribution is -2.51. The zero-order valence-corrected chi connectivity index (χ0v) is 9.74. The van der Waals surface area contributed by atoms with Gasteiger partial charge in [0.05, 0.1) is 6.20 Å². The van der Waals surface area contributed by atoms with Gasteiger partial charge in [0, 0.05) is 11.8 Å². The predicted molar refractivity (Wildman–Crippen MR) is 61.5 cm³/mol. The molecule has 1 unspecified atom stereocenters. The van der Waals surface area contributed by atoms with Gasteiger partial charge in [-0.05, 0) is 38.3 Å². The van der Waals surface area contributed by atoms with Crippen LogP contribution >= 0.6 is 0 Å². The molecule has 17 heavy (non-hydrogen) atoms. The van der Waals surface area contributed by atoms with Gasteiger partial charge in [0.1, 0.15) is 11.4 Å². The Morgan fingerprint density at radius 2 is 2.35 bits per heavy atom. The number of hydrogen-bond acceptors (Lipinski definition) is 3. The number of rotatable bonds is 5. The molecular weight excluding hydrogens is 221 g/mol. The maximum Gasteiger partial charge on any atom is 0.242 e. The van der Waals surface area contributed by atoms with Crippen LogP contribution in [0.3, 0.4) is 0 Å². The minimum absolute atomic E-state index is 0.464. The number of hydrogen-bond donors (Lipinski definition) is 2. The lowest BCUT2D eigenvalue weighted by molar-refractivity contribution is -0.124. The van der Waals surface area contributed by atoms with E-state index in [1.54, 1.807) is 6.92 Å². The van der Waals surface area contributed by atoms with Crippen molar-refractivity contribution in [2.45, 2.75) is 25.3 Å². The van der Waals surface area contributed by atoms with Crippen molar-refractivity contribution in [2.75, 3.05) is 6.54 Å². The summed E-state index contributed by atoms with van der Waals surface area (Å²) in [5, 5.41) is 3.12. The topological polar surface area (TPSA) is 68.0 Å². The van der Waals surface area contributed by atoms with Crippen LogP contribution in [0.15, 0.2) is 18.5 Å². The monoisotopic (exact) mass is 237 g/mol. The summed E-state index contributed by atoms with van der Waals surface area (Å²) in [5.74, 6) is -0.385. The zero-order valence-electron chi connectivity index (χ0n) is 9.74. The van der Waals surface area contributed by atoms with Gasteiger partial charge in [0.25, 0.3) is 0 Å². The van der Waals surface area contributed by atoms with E-state index >= 15 is 0 Å². The first kappa shape index (κ1) is 12.0. The number of halogens is 1. The second-order valence-corrected chi connectivity index (χ2v) is 4.71. The molecule has 1 saturated carbocycles. The first-order chi connectivity index (χ1) is 8.02. The average Bonchev–Trinajstić information content (AvgIpc) is 3.09. The Morgan fingerprint density at radius 1 is 1.65 bits per heavy atom. The first-order valence-electron chi connectivity index (χ1n) is 5.68. The molecule has 1 fully saturated rings. The second kappa shape index (κ2) is 4.41. The van der Waals surface area contributed by atoms with Gasteiger partial charge in [0.2, 0.25) is 5.91 Å². The van der Waals surface area contributed by atoms with E-state index in [0.29, 0.717) is 11.5 Å². The normalized spacial score (nSPS) is 18.7. The average molecular weight is 237 g/mol. The number of aromatic nitrogens is 1. The molecule has 5 heteroatoms. The van der Waals surface area contributed by atoms with Gasteiger partial charge in [-0.1, -0.05) is 0 Å². The van der Waals surface area contributed by atoms with Crippen molar-refractivity contribution in [3.63, 3.8) is 0 Å². The number of nitrogens with one attached hydrogen (secondary N) is 1. The van der Waals surface area contributed by atoms with E-state index < -0.39 is 17.3 Å². The van der Waals surface area contributed by atoms with Gasteiger partial charge in [-0.25, -0.2) is 4.39 Å². The number of nitrogens with two attached hydrogens (primary N) is 1. The van der Waals surface area contributed by atoms with E-state index in [1.165, 1.54) is 25.1 Å². The molecule has 1 heterocycles. The lowest BCUT2D eigenvalue weighted by Gasteiger charge is -2.27. The Morgan fingerprint density at radius 3 is 2.88 bits per heavy atom. The Hall–Kier alpha value is -1.49. The highest BCUT2D eigenvalue weighted by molar-refractivity contribution is 5.85. The molecule has 1 aliphatic rings. The van der Waals surface area contributed by atoms with E-state index in [4.69, 9.17) is 5.73 Å². The van der Waals surface area contributed by atoms with Crippen molar-refractivity contribution in [1.29, 1.82) is 0 Å². The van der Waals surface area contributed by atoms with Gasteiger partial charge in [-0.15, -0.1) is 0 Å². The smallest absolute Gasteiger partial charge is 0.242 e. The molecule has 0 radical (unpaired) electrons. The highest BCUT2D eigenvalue weighted by Gasteiger charge is 2.35. The first-order valence-corrected chi connectivity index (χ1v) is 5.68. The molecule has 1 amide bonds. The minimum atomic E-state index is -1.06. The van der Waals surface area contributed by atoms with Crippen LogP contribution in [0.2, 0.25) is 0 Å². The fourth-order valence-corrected chi connectivity index (χ4v) is 1.69. The number of amides is 1. The van der Waals surface area contributed by atoms with E-state index in [1.807, 2.05) is 0 Å². The minimum Gasteiger partial charge on any atom is -0.368 e. The Labute approximate surface area is 99.4 Å². The third-order valence-electron chi connectivity index (χ3n) is 3.22. The second-order valence-electron chi connectivity index (χ2n) is 4.71. The Kier molecular flexibility index (Phi) is 3.11. The number of carbonyl (C=O) groups excluding carboxylic acids is 1. The number of primary amides is 1. The molecule has 2 rings (SSSR count). The highest BCUT2D eigenvalue weighted by atomic mass is 19.1. The van der Waals surface area contributed by atoms with Gasteiger partial charge < -0.3 is 5.73 Å². The fourth-order valence-electron chi connectivity index (χ4n) is 1.69. The third-order valence-corrected chi connectivity index (χ3v) is 3.22. The molecule has 1 aromatic heterocycles. The van der Waals surface area contributed by atoms with Crippen LogP contribution < -0.4 is 11.1 Å². The van der Waals surface area contributed by atoms with Gasteiger partial charge >= 0.3 is 0 Å². The summed E-state index contributed by atoms with van der Waals surface area (Å²) in [7, 11) is 0. The SMILES string of the molecule is CC(NCC1CC1)(C(N)=O)c1cncc(F)c1. The fraction of sp³-hybridized carbons (Fsp3) is 0.500. The van der Waals surface area contributed by atoms with Crippen molar-refractivity contribution in [3.05, 3.63) is 29.8 Å². The van der Waals surface area contributed by atoms with Crippen molar-refractivity contribution >= 4 is 5.91 Å². The number of pyridine rings is 1. The summed E-state index contributed by atoms with van der Waals surface area (Å²) < 4.78 is 13.1. The molecule has 0 saturated heterocycles. The van der Waals surface area contributed by atoms with Gasteiger partial charge in [-0.2, -0.15) is 0 Å². The van der Waals surface area contributed by atoms with Crippen LogP contribution in [0.1, 0.15) is 25.3 Å². The number of nitrogens with zero attached hydrogens (tertiary/aromatic N) is 1. The largest absolute Gasteiger partial charge is 0.368 e. The standard InChI is InChI=1S/C12H16FN3O/c1-12(11(14)17,16-5-8-2-3-8)9-4-10(13)7-15-6-9/h4,6-8,16H,2-3,5H2,1H3,(H2,14,17). The molecule has 1 atom stereocenters. The zero-order chi connectivity index (χ0) is 12.5. The summed E-state index contributed by atoms with van der Waals surface area (Å²) in [6, 6.07) is 1.29. The Bertz CT molecular complexity index is 434. The van der Waals surface area contributed by atoms with Crippen LogP contribution in [0.5, 0.6) is 0 Å². The van der Waals surface area contributed by atoms with E-state index in [2.05, 4.69) is 10.3 Å². The van der Waals surface area contributed by atoms with Crippen LogP contribution in [0, 0.1) is 11.7 Å². The van der Waals surface area contributed by atoms with Gasteiger partial charge in [-0.3, -0.25) is 15.1 Å². The predicted octanol–water partition coefficient (Wildman–Crippen LogP) is 0.921. The molecule has 1 aromatic rings. The van der Waals surface area contributed by atoms with E-state index in [9.17, 15) is 9.18 Å². The van der Waals surface area contributed by atoms with Crippen molar-refractivity contribution in [3.8, 4) is 0 Å². The van der Waals surface area contributed by atoms with Gasteiger partial charge in [0.15, 0.2) is 0 Å². The van der Waals surface area contributed by atoms with Crippen LogP contribution in [-0.2, 0) is 10.3 Å². The van der Waals surface area contributed by atoms with Crippen molar-refractivity contribution in [2.24, 2.45) is 11.7 Å². The molecule has 1 aliphatic carbocycles. The molecule has 0 aliphatic heterocycles. The summed E-state index contributed by atoms with van der Waals surface area (Å²) in [6.45, 7) is 2.38. The van der Waals surface area contributed by atoms with Crippen LogP contribution in [0.25, 0.3) is 0 Å². The summed E-state index contributed by atoms with van der Waals surface area (Å²) >= 11 is 0. The van der Waals surface area contributed by atoms with Crippen LogP contribution in [-0.4, -0.2) is 17.4 Å². The lowest BCUT2D eigenvalue weighted by atomic mass is 9.92.